The van der Waals surface area contributed by atoms with Crippen molar-refractivity contribution < 1.29 is 4.74 Å². The highest BCUT2D eigenvalue weighted by Gasteiger charge is 2.00. The van der Waals surface area contributed by atoms with Gasteiger partial charge in [-0.05, 0) is 18.9 Å². The molecule has 0 amide bonds. The van der Waals surface area contributed by atoms with Gasteiger partial charge in [-0.25, -0.2) is 0 Å². The van der Waals surface area contributed by atoms with Crippen LogP contribution in [0.25, 0.3) is 0 Å². The third kappa shape index (κ3) is 4.71. The van der Waals surface area contributed by atoms with Crippen molar-refractivity contribution in [1.29, 1.82) is 0 Å². The van der Waals surface area contributed by atoms with E-state index in [1.807, 2.05) is 6.08 Å². The van der Waals surface area contributed by atoms with E-state index in [-0.39, 0.29) is 0 Å². The highest BCUT2D eigenvalue weighted by atomic mass is 16.5. The molecule has 0 radical (unpaired) electrons. The number of aliphatic imine (C=N–C) groups is 1. The topological polar surface area (TPSA) is 21.6 Å². The smallest absolute Gasteiger partial charge is 0.208 e. The van der Waals surface area contributed by atoms with Crippen molar-refractivity contribution in [3.63, 3.8) is 0 Å². The number of nitrogens with zero attached hydrogens (tertiary/aromatic N) is 1. The van der Waals surface area contributed by atoms with Gasteiger partial charge in [0.15, 0.2) is 0 Å². The average Bonchev–Trinajstić information content (AvgIpc) is 2.19. The Morgan fingerprint density at radius 2 is 2.38 bits per heavy atom. The average molecular weight is 181 g/mol. The van der Waals surface area contributed by atoms with Gasteiger partial charge >= 0.3 is 0 Å². The molecule has 0 aromatic heterocycles. The van der Waals surface area contributed by atoms with Gasteiger partial charge in [0.2, 0.25) is 5.90 Å². The van der Waals surface area contributed by atoms with Crippen molar-refractivity contribution in [1.82, 2.24) is 0 Å². The van der Waals surface area contributed by atoms with Gasteiger partial charge in [0, 0.05) is 13.0 Å². The summed E-state index contributed by atoms with van der Waals surface area (Å²) in [5, 5.41) is 0. The lowest BCUT2D eigenvalue weighted by Gasteiger charge is -2.09. The lowest BCUT2D eigenvalue weighted by atomic mass is 10.2. The highest BCUT2D eigenvalue weighted by molar-refractivity contribution is 5.87. The molecule has 0 saturated carbocycles. The normalized spacial score (nSPS) is 17.2. The third-order valence-corrected chi connectivity index (χ3v) is 2.05. The molecule has 1 aliphatic rings. The third-order valence-electron chi connectivity index (χ3n) is 2.05. The van der Waals surface area contributed by atoms with Crippen LogP contribution in [0.3, 0.4) is 0 Å². The predicted molar refractivity (Wildman–Crippen MR) is 56.2 cm³/mol. The molecule has 0 aliphatic carbocycles. The van der Waals surface area contributed by atoms with Gasteiger partial charge in [0.05, 0.1) is 6.61 Å². The van der Waals surface area contributed by atoms with E-state index in [0.717, 1.165) is 31.9 Å². The summed E-state index contributed by atoms with van der Waals surface area (Å²) >= 11 is 0. The first-order valence-corrected chi connectivity index (χ1v) is 5.27. The summed E-state index contributed by atoms with van der Waals surface area (Å²) in [7, 11) is 0. The molecule has 0 aromatic carbocycles. The number of hydrogen-bond acceptors (Lipinski definition) is 2. The quantitative estimate of drug-likeness (QED) is 0.597. The maximum Gasteiger partial charge on any atom is 0.208 e. The molecule has 2 nitrogen and oxygen atoms in total. The van der Waals surface area contributed by atoms with E-state index in [4.69, 9.17) is 4.74 Å². The second-order valence-electron chi connectivity index (χ2n) is 3.32. The van der Waals surface area contributed by atoms with Crippen molar-refractivity contribution in [2.24, 2.45) is 4.99 Å². The van der Waals surface area contributed by atoms with Crippen LogP contribution >= 0.6 is 0 Å². The zero-order chi connectivity index (χ0) is 9.36. The van der Waals surface area contributed by atoms with Crippen LogP contribution in [0.15, 0.2) is 17.1 Å². The zero-order valence-corrected chi connectivity index (χ0v) is 8.46. The van der Waals surface area contributed by atoms with Crippen LogP contribution in [0, 0.1) is 0 Å². The molecule has 0 spiro atoms. The minimum atomic E-state index is 0.822. The molecule has 0 atom stereocenters. The van der Waals surface area contributed by atoms with Crippen molar-refractivity contribution in [2.75, 3.05) is 13.2 Å². The fourth-order valence-electron chi connectivity index (χ4n) is 1.27. The summed E-state index contributed by atoms with van der Waals surface area (Å²) in [5.74, 6) is 0.822. The van der Waals surface area contributed by atoms with E-state index in [9.17, 15) is 0 Å². The van der Waals surface area contributed by atoms with Crippen LogP contribution in [-0.2, 0) is 4.74 Å². The minimum absolute atomic E-state index is 0.822. The summed E-state index contributed by atoms with van der Waals surface area (Å²) in [4.78, 5) is 4.25. The zero-order valence-electron chi connectivity index (χ0n) is 8.46. The van der Waals surface area contributed by atoms with Crippen LogP contribution in [0.2, 0.25) is 0 Å². The molecule has 1 rings (SSSR count). The van der Waals surface area contributed by atoms with E-state index >= 15 is 0 Å². The maximum atomic E-state index is 5.35. The summed E-state index contributed by atoms with van der Waals surface area (Å²) in [6.07, 6.45) is 10.3. The van der Waals surface area contributed by atoms with Crippen LogP contribution in [0.4, 0.5) is 0 Å². The molecule has 1 heterocycles. The van der Waals surface area contributed by atoms with E-state index in [1.165, 1.54) is 19.3 Å². The first kappa shape index (κ1) is 10.3. The van der Waals surface area contributed by atoms with Gasteiger partial charge in [-0.3, -0.25) is 4.99 Å². The number of ether oxygens (including phenoxy) is 1. The Kier molecular flexibility index (Phi) is 5.30. The molecule has 74 valence electrons. The first-order valence-electron chi connectivity index (χ1n) is 5.27. The van der Waals surface area contributed by atoms with E-state index in [0.29, 0.717) is 0 Å². The molecule has 13 heavy (non-hydrogen) atoms. The van der Waals surface area contributed by atoms with Crippen molar-refractivity contribution in [3.05, 3.63) is 12.2 Å². The molecule has 1 aliphatic heterocycles. The second kappa shape index (κ2) is 6.70. The van der Waals surface area contributed by atoms with Gasteiger partial charge in [0.25, 0.3) is 0 Å². The van der Waals surface area contributed by atoms with Gasteiger partial charge in [0.1, 0.15) is 0 Å². The molecular formula is C11H19NO. The maximum absolute atomic E-state index is 5.35. The molecule has 2 heteroatoms. The number of hydrogen-bond donors (Lipinski definition) is 0. The van der Waals surface area contributed by atoms with Crippen LogP contribution in [0.1, 0.15) is 39.0 Å². The van der Waals surface area contributed by atoms with Crippen LogP contribution in [-0.4, -0.2) is 19.0 Å². The SMILES string of the molecule is CCCCCC=CC1=NCCCO1. The largest absolute Gasteiger partial charge is 0.478 e. The van der Waals surface area contributed by atoms with E-state index < -0.39 is 0 Å². The minimum Gasteiger partial charge on any atom is -0.478 e. The van der Waals surface area contributed by atoms with Crippen molar-refractivity contribution >= 4 is 5.90 Å². The van der Waals surface area contributed by atoms with Gasteiger partial charge in [-0.15, -0.1) is 0 Å². The number of unbranched alkanes of at least 4 members (excludes halogenated alkanes) is 3. The summed E-state index contributed by atoms with van der Waals surface area (Å²) < 4.78 is 5.35. The Balaban J connectivity index is 2.11. The molecule has 0 unspecified atom stereocenters. The van der Waals surface area contributed by atoms with E-state index in [2.05, 4.69) is 18.0 Å². The molecule has 0 saturated heterocycles. The Morgan fingerprint density at radius 1 is 1.46 bits per heavy atom. The highest BCUT2D eigenvalue weighted by Crippen LogP contribution is 2.02. The predicted octanol–water partition coefficient (Wildman–Crippen LogP) is 2.94. The second-order valence-corrected chi connectivity index (χ2v) is 3.32. The lowest BCUT2D eigenvalue weighted by molar-refractivity contribution is 0.285. The van der Waals surface area contributed by atoms with Crippen LogP contribution < -0.4 is 0 Å². The monoisotopic (exact) mass is 181 g/mol. The molecular weight excluding hydrogens is 162 g/mol. The summed E-state index contributed by atoms with van der Waals surface area (Å²) in [6.45, 7) is 3.98. The number of allylic oxidation sites excluding steroid dienone is 1. The fraction of sp³-hybridized carbons (Fsp3) is 0.727. The van der Waals surface area contributed by atoms with Gasteiger partial charge in [-0.2, -0.15) is 0 Å². The Hall–Kier alpha value is -0.790. The van der Waals surface area contributed by atoms with Gasteiger partial charge < -0.3 is 4.74 Å². The number of rotatable bonds is 5. The van der Waals surface area contributed by atoms with Crippen molar-refractivity contribution in [2.45, 2.75) is 39.0 Å². The molecule has 0 N–H and O–H groups in total. The molecule has 0 bridgehead atoms. The molecule has 0 fully saturated rings. The van der Waals surface area contributed by atoms with Crippen molar-refractivity contribution in [3.8, 4) is 0 Å². The van der Waals surface area contributed by atoms with Crippen LogP contribution in [0.5, 0.6) is 0 Å². The summed E-state index contributed by atoms with van der Waals surface area (Å²) in [6, 6.07) is 0. The first-order chi connectivity index (χ1) is 6.43. The lowest BCUT2D eigenvalue weighted by Crippen LogP contribution is -2.10. The van der Waals surface area contributed by atoms with E-state index in [1.54, 1.807) is 0 Å². The standard InChI is InChI=1S/C11H19NO/c1-2-3-4-5-6-8-11-12-9-7-10-13-11/h6,8H,2-5,7,9-10H2,1H3. The Morgan fingerprint density at radius 3 is 3.08 bits per heavy atom. The van der Waals surface area contributed by atoms with Gasteiger partial charge in [-0.1, -0.05) is 25.8 Å². The Labute approximate surface area is 80.7 Å². The fourth-order valence-corrected chi connectivity index (χ4v) is 1.27. The summed E-state index contributed by atoms with van der Waals surface area (Å²) in [5.41, 5.74) is 0. The molecule has 0 aromatic rings. The Bertz CT molecular complexity index is 185.